The fraction of sp³-hybridized carbons (Fsp3) is 0.474. The normalized spacial score (nSPS) is 16.6. The van der Waals surface area contributed by atoms with Gasteiger partial charge in [0.25, 0.3) is 5.91 Å². The highest BCUT2D eigenvalue weighted by molar-refractivity contribution is 6.76. The van der Waals surface area contributed by atoms with E-state index >= 15 is 0 Å². The zero-order valence-electron chi connectivity index (χ0n) is 15.9. The van der Waals surface area contributed by atoms with Crippen LogP contribution in [0, 0.1) is 0 Å². The molecule has 1 aliphatic rings. The van der Waals surface area contributed by atoms with Gasteiger partial charge in [0.2, 0.25) is 0 Å². The predicted octanol–water partition coefficient (Wildman–Crippen LogP) is 3.28. The number of nitrogens with zero attached hydrogens (tertiary/aromatic N) is 1. The van der Waals surface area contributed by atoms with Gasteiger partial charge in [0, 0.05) is 26.4 Å². The third kappa shape index (κ3) is 5.71. The number of esters is 1. The van der Waals surface area contributed by atoms with Crippen molar-refractivity contribution in [2.75, 3.05) is 20.5 Å². The fourth-order valence-electron chi connectivity index (χ4n) is 2.47. The number of rotatable bonds is 8. The monoisotopic (exact) mass is 377 g/mol. The van der Waals surface area contributed by atoms with Crippen molar-refractivity contribution in [3.63, 3.8) is 0 Å². The Morgan fingerprint density at radius 3 is 2.50 bits per heavy atom. The summed E-state index contributed by atoms with van der Waals surface area (Å²) in [6, 6.07) is 7.31. The van der Waals surface area contributed by atoms with Gasteiger partial charge in [-0.15, -0.1) is 0 Å². The maximum atomic E-state index is 12.6. The second-order valence-corrected chi connectivity index (χ2v) is 13.0. The molecule has 26 heavy (non-hydrogen) atoms. The molecule has 1 heterocycles. The number of hydrogen-bond acceptors (Lipinski definition) is 5. The molecule has 0 unspecified atom stereocenters. The van der Waals surface area contributed by atoms with Crippen molar-refractivity contribution < 1.29 is 23.8 Å². The molecule has 6 nitrogen and oxygen atoms in total. The lowest BCUT2D eigenvalue weighted by molar-refractivity contribution is -0.144. The summed E-state index contributed by atoms with van der Waals surface area (Å²) in [5.74, 6) is -0.0260. The van der Waals surface area contributed by atoms with Gasteiger partial charge in [-0.05, 0) is 36.7 Å². The number of benzene rings is 1. The largest absolute Gasteiger partial charge is 0.468 e. The van der Waals surface area contributed by atoms with Gasteiger partial charge in [-0.2, -0.15) is 0 Å². The molecule has 0 fully saturated rings. The first-order valence-corrected chi connectivity index (χ1v) is 12.4. The van der Waals surface area contributed by atoms with Crippen LogP contribution in [0.25, 0.3) is 0 Å². The van der Waals surface area contributed by atoms with E-state index in [2.05, 4.69) is 19.6 Å². The standard InChI is InChI=1S/C19H27NO5Si/c1-23-19(22)17-6-5-11-20(17)18(21)15-7-9-16(10-8-15)25-14-24-12-13-26(2,3)4/h5,7-11,17H,6,12-14H2,1-4H3/t17-/m0/s1. The summed E-state index contributed by atoms with van der Waals surface area (Å²) >= 11 is 0. The minimum absolute atomic E-state index is 0.192. The Bertz CT molecular complexity index is 651. The lowest BCUT2D eigenvalue weighted by atomic mass is 10.1. The van der Waals surface area contributed by atoms with E-state index in [9.17, 15) is 9.59 Å². The second kappa shape index (κ2) is 9.00. The van der Waals surface area contributed by atoms with Gasteiger partial charge in [0.1, 0.15) is 11.8 Å². The summed E-state index contributed by atoms with van der Waals surface area (Å²) in [4.78, 5) is 25.8. The molecule has 0 saturated heterocycles. The lowest BCUT2D eigenvalue weighted by Gasteiger charge is -2.21. The maximum Gasteiger partial charge on any atom is 0.329 e. The number of ether oxygens (including phenoxy) is 3. The first-order chi connectivity index (χ1) is 12.3. The van der Waals surface area contributed by atoms with E-state index in [1.54, 1.807) is 36.5 Å². The van der Waals surface area contributed by atoms with E-state index in [0.29, 0.717) is 24.3 Å². The number of carbonyl (C=O) groups is 2. The Hall–Kier alpha value is -2.12. The average molecular weight is 378 g/mol. The van der Waals surface area contributed by atoms with Crippen molar-refractivity contribution >= 4 is 20.0 Å². The molecule has 0 aromatic heterocycles. The number of carbonyl (C=O) groups excluding carboxylic acids is 2. The van der Waals surface area contributed by atoms with Crippen LogP contribution in [0.3, 0.4) is 0 Å². The van der Waals surface area contributed by atoms with Crippen LogP contribution in [0.1, 0.15) is 16.8 Å². The topological polar surface area (TPSA) is 65.1 Å². The van der Waals surface area contributed by atoms with Crippen molar-refractivity contribution in [1.29, 1.82) is 0 Å². The quantitative estimate of drug-likeness (QED) is 0.301. The molecule has 0 spiro atoms. The minimum atomic E-state index is -1.10. The third-order valence-corrected chi connectivity index (χ3v) is 5.78. The number of amides is 1. The van der Waals surface area contributed by atoms with Crippen LogP contribution in [0.4, 0.5) is 0 Å². The van der Waals surface area contributed by atoms with Gasteiger partial charge in [-0.3, -0.25) is 4.79 Å². The van der Waals surface area contributed by atoms with Gasteiger partial charge in [-0.1, -0.05) is 25.7 Å². The van der Waals surface area contributed by atoms with Crippen molar-refractivity contribution in [1.82, 2.24) is 4.90 Å². The second-order valence-electron chi connectivity index (χ2n) is 7.38. The van der Waals surface area contributed by atoms with E-state index in [4.69, 9.17) is 14.2 Å². The van der Waals surface area contributed by atoms with E-state index in [0.717, 1.165) is 6.04 Å². The van der Waals surface area contributed by atoms with Crippen molar-refractivity contribution in [2.24, 2.45) is 0 Å². The van der Waals surface area contributed by atoms with Crippen molar-refractivity contribution in [3.05, 3.63) is 42.1 Å². The SMILES string of the molecule is COC(=O)[C@@H]1CC=CN1C(=O)c1ccc(OCOCC[Si](C)(C)C)cc1. The maximum absolute atomic E-state index is 12.6. The molecule has 1 aliphatic heterocycles. The first kappa shape index (κ1) is 20.2. The van der Waals surface area contributed by atoms with Crippen LogP contribution in [0.2, 0.25) is 25.7 Å². The molecule has 0 saturated carbocycles. The molecule has 1 amide bonds. The summed E-state index contributed by atoms with van der Waals surface area (Å²) in [7, 11) is 0.223. The van der Waals surface area contributed by atoms with E-state index in [1.165, 1.54) is 12.0 Å². The van der Waals surface area contributed by atoms with Gasteiger partial charge in [0.05, 0.1) is 7.11 Å². The lowest BCUT2D eigenvalue weighted by Crippen LogP contribution is -2.39. The Labute approximate surface area is 155 Å². The molecule has 0 bridgehead atoms. The van der Waals surface area contributed by atoms with Crippen LogP contribution >= 0.6 is 0 Å². The fourth-order valence-corrected chi connectivity index (χ4v) is 3.22. The molecule has 1 aromatic carbocycles. The minimum Gasteiger partial charge on any atom is -0.468 e. The van der Waals surface area contributed by atoms with E-state index in [-0.39, 0.29) is 12.7 Å². The van der Waals surface area contributed by atoms with E-state index in [1.807, 2.05) is 0 Å². The van der Waals surface area contributed by atoms with Crippen LogP contribution in [0.5, 0.6) is 5.75 Å². The van der Waals surface area contributed by atoms with Crippen molar-refractivity contribution in [3.8, 4) is 5.75 Å². The average Bonchev–Trinajstić information content (AvgIpc) is 3.09. The molecule has 2 rings (SSSR count). The van der Waals surface area contributed by atoms with Gasteiger partial charge in [0.15, 0.2) is 6.79 Å². The van der Waals surface area contributed by atoms with Crippen LogP contribution < -0.4 is 4.74 Å². The molecule has 142 valence electrons. The molecule has 0 radical (unpaired) electrons. The van der Waals surface area contributed by atoms with Gasteiger partial charge in [-0.25, -0.2) is 4.79 Å². The summed E-state index contributed by atoms with van der Waals surface area (Å²) < 4.78 is 15.8. The van der Waals surface area contributed by atoms with Crippen LogP contribution in [0.15, 0.2) is 36.5 Å². The van der Waals surface area contributed by atoms with E-state index < -0.39 is 20.1 Å². The zero-order valence-corrected chi connectivity index (χ0v) is 16.9. The first-order valence-electron chi connectivity index (χ1n) is 8.69. The predicted molar refractivity (Wildman–Crippen MR) is 102 cm³/mol. The molecule has 1 atom stereocenters. The highest BCUT2D eigenvalue weighted by atomic mass is 28.3. The Morgan fingerprint density at radius 1 is 1.19 bits per heavy atom. The van der Waals surface area contributed by atoms with Crippen molar-refractivity contribution in [2.45, 2.75) is 38.1 Å². The molecule has 0 N–H and O–H groups in total. The summed E-state index contributed by atoms with van der Waals surface area (Å²) in [6.07, 6.45) is 3.88. The summed E-state index contributed by atoms with van der Waals surface area (Å²) in [5.41, 5.74) is 0.484. The number of hydrogen-bond donors (Lipinski definition) is 0. The Kier molecular flexibility index (Phi) is 6.99. The smallest absolute Gasteiger partial charge is 0.329 e. The molecular weight excluding hydrogens is 350 g/mol. The zero-order chi connectivity index (χ0) is 19.2. The summed E-state index contributed by atoms with van der Waals surface area (Å²) in [6.45, 7) is 7.79. The highest BCUT2D eigenvalue weighted by Crippen LogP contribution is 2.21. The van der Waals surface area contributed by atoms with Gasteiger partial charge < -0.3 is 19.1 Å². The van der Waals surface area contributed by atoms with Gasteiger partial charge >= 0.3 is 5.97 Å². The molecule has 0 aliphatic carbocycles. The molecule has 1 aromatic rings. The molecular formula is C19H27NO5Si. The number of methoxy groups -OCH3 is 1. The third-order valence-electron chi connectivity index (χ3n) is 4.08. The summed E-state index contributed by atoms with van der Waals surface area (Å²) in [5, 5.41) is 0. The van der Waals surface area contributed by atoms with Crippen LogP contribution in [-0.2, 0) is 14.3 Å². The Morgan fingerprint density at radius 2 is 1.88 bits per heavy atom. The molecule has 7 heteroatoms. The Balaban J connectivity index is 1.86. The highest BCUT2D eigenvalue weighted by Gasteiger charge is 2.32. The van der Waals surface area contributed by atoms with Crippen LogP contribution in [-0.4, -0.2) is 51.4 Å².